The Hall–Kier alpha value is -2.44. The SMILES string of the molecule is CC[C@H]1CSC2=N[C@H](c3ccccn3)[C@@H](c3cc(C)n(-c4cc(Cl)ccc4OC)c3C)N21. The van der Waals surface area contributed by atoms with E-state index in [0.717, 1.165) is 40.2 Å². The molecule has 1 aromatic carbocycles. The highest BCUT2D eigenvalue weighted by atomic mass is 35.5. The maximum atomic E-state index is 6.37. The molecule has 166 valence electrons. The number of thioether (sulfide) groups is 1. The van der Waals surface area contributed by atoms with Crippen molar-refractivity contribution in [2.75, 3.05) is 12.9 Å². The molecule has 3 aromatic rings. The molecular weight excluding hydrogens is 440 g/mol. The van der Waals surface area contributed by atoms with Crippen molar-refractivity contribution in [3.8, 4) is 11.4 Å². The lowest BCUT2D eigenvalue weighted by atomic mass is 9.95. The first-order valence-electron chi connectivity index (χ1n) is 11.0. The van der Waals surface area contributed by atoms with Crippen LogP contribution in [-0.2, 0) is 0 Å². The maximum absolute atomic E-state index is 6.37. The van der Waals surface area contributed by atoms with Gasteiger partial charge in [0.1, 0.15) is 11.8 Å². The topological polar surface area (TPSA) is 42.6 Å². The molecule has 5 nitrogen and oxygen atoms in total. The molecule has 5 rings (SSSR count). The summed E-state index contributed by atoms with van der Waals surface area (Å²) in [6, 6.07) is 14.7. The first-order valence-corrected chi connectivity index (χ1v) is 12.3. The van der Waals surface area contributed by atoms with E-state index in [0.29, 0.717) is 11.1 Å². The van der Waals surface area contributed by atoms with Crippen molar-refractivity contribution in [3.63, 3.8) is 0 Å². The molecule has 0 aliphatic carbocycles. The number of nitrogens with zero attached hydrogens (tertiary/aromatic N) is 4. The van der Waals surface area contributed by atoms with Crippen molar-refractivity contribution < 1.29 is 4.74 Å². The Morgan fingerprint density at radius 1 is 1.19 bits per heavy atom. The highest BCUT2D eigenvalue weighted by Gasteiger charge is 2.46. The van der Waals surface area contributed by atoms with Crippen LogP contribution in [0.3, 0.4) is 0 Å². The summed E-state index contributed by atoms with van der Waals surface area (Å²) >= 11 is 8.24. The molecule has 0 bridgehead atoms. The molecule has 0 spiro atoms. The Morgan fingerprint density at radius 2 is 2.03 bits per heavy atom. The zero-order chi connectivity index (χ0) is 22.4. The molecule has 3 atom stereocenters. The lowest BCUT2D eigenvalue weighted by molar-refractivity contribution is 0.254. The highest BCUT2D eigenvalue weighted by molar-refractivity contribution is 8.14. The minimum atomic E-state index is -0.0248. The summed E-state index contributed by atoms with van der Waals surface area (Å²) in [5.41, 5.74) is 5.57. The first-order chi connectivity index (χ1) is 15.5. The molecule has 0 N–H and O–H groups in total. The average molecular weight is 467 g/mol. The van der Waals surface area contributed by atoms with E-state index in [1.807, 2.05) is 48.3 Å². The maximum Gasteiger partial charge on any atom is 0.160 e. The second-order valence-electron chi connectivity index (χ2n) is 8.31. The van der Waals surface area contributed by atoms with Gasteiger partial charge >= 0.3 is 0 Å². The van der Waals surface area contributed by atoms with Crippen LogP contribution in [0.1, 0.15) is 48.1 Å². The molecule has 1 saturated heterocycles. The molecule has 0 amide bonds. The summed E-state index contributed by atoms with van der Waals surface area (Å²) in [4.78, 5) is 12.4. The van der Waals surface area contributed by atoms with Gasteiger partial charge in [-0.3, -0.25) is 9.98 Å². The van der Waals surface area contributed by atoms with Crippen molar-refractivity contribution in [3.05, 3.63) is 76.3 Å². The number of amidine groups is 1. The minimum Gasteiger partial charge on any atom is -0.495 e. The number of benzene rings is 1. The number of ether oxygens (including phenoxy) is 1. The van der Waals surface area contributed by atoms with Gasteiger partial charge in [0.2, 0.25) is 0 Å². The van der Waals surface area contributed by atoms with Gasteiger partial charge in [0.05, 0.1) is 24.5 Å². The Balaban J connectivity index is 1.66. The fraction of sp³-hybridized carbons (Fsp3) is 0.360. The second-order valence-corrected chi connectivity index (χ2v) is 9.74. The van der Waals surface area contributed by atoms with E-state index >= 15 is 0 Å². The molecule has 0 radical (unpaired) electrons. The van der Waals surface area contributed by atoms with E-state index in [1.54, 1.807) is 7.11 Å². The highest BCUT2D eigenvalue weighted by Crippen LogP contribution is 2.50. The van der Waals surface area contributed by atoms with Gasteiger partial charge in [-0.15, -0.1) is 0 Å². The Kier molecular flexibility index (Phi) is 5.68. The Labute approximate surface area is 198 Å². The number of methoxy groups -OCH3 is 1. The Morgan fingerprint density at radius 3 is 2.75 bits per heavy atom. The van der Waals surface area contributed by atoms with Crippen LogP contribution in [0.25, 0.3) is 5.69 Å². The molecule has 2 aliphatic heterocycles. The lowest BCUT2D eigenvalue weighted by Gasteiger charge is -2.32. The molecule has 4 heterocycles. The quantitative estimate of drug-likeness (QED) is 0.453. The molecule has 0 unspecified atom stereocenters. The minimum absolute atomic E-state index is 0.0248. The molecule has 0 saturated carbocycles. The van der Waals surface area contributed by atoms with Crippen LogP contribution < -0.4 is 4.74 Å². The fourth-order valence-electron chi connectivity index (χ4n) is 4.98. The number of aryl methyl sites for hydroxylation is 1. The number of pyridine rings is 1. The number of fused-ring (bicyclic) bond motifs is 1. The van der Waals surface area contributed by atoms with E-state index in [-0.39, 0.29) is 12.1 Å². The van der Waals surface area contributed by atoms with Crippen molar-refractivity contribution in [2.24, 2.45) is 4.99 Å². The molecule has 7 heteroatoms. The van der Waals surface area contributed by atoms with Gasteiger partial charge in [-0.05, 0) is 62.2 Å². The molecule has 1 fully saturated rings. The van der Waals surface area contributed by atoms with Crippen molar-refractivity contribution in [1.29, 1.82) is 0 Å². The number of aliphatic imine (C=N–C) groups is 1. The number of halogens is 1. The number of aromatic nitrogens is 2. The van der Waals surface area contributed by atoms with Gasteiger partial charge in [0.25, 0.3) is 0 Å². The molecule has 2 aromatic heterocycles. The van der Waals surface area contributed by atoms with Crippen LogP contribution in [0.4, 0.5) is 0 Å². The van der Waals surface area contributed by atoms with Gasteiger partial charge < -0.3 is 14.2 Å². The predicted octanol–water partition coefficient (Wildman–Crippen LogP) is 6.13. The van der Waals surface area contributed by atoms with Crippen LogP contribution >= 0.6 is 23.4 Å². The third-order valence-corrected chi connectivity index (χ3v) is 7.86. The van der Waals surface area contributed by atoms with Crippen molar-refractivity contribution >= 4 is 28.5 Å². The molecule has 32 heavy (non-hydrogen) atoms. The van der Waals surface area contributed by atoms with Crippen LogP contribution in [0, 0.1) is 13.8 Å². The molecule has 2 aliphatic rings. The first kappa shape index (κ1) is 21.4. The van der Waals surface area contributed by atoms with Gasteiger partial charge in [-0.1, -0.05) is 36.4 Å². The average Bonchev–Trinajstić information content (AvgIpc) is 3.45. The summed E-state index contributed by atoms with van der Waals surface area (Å²) < 4.78 is 7.92. The normalized spacial score (nSPS) is 22.2. The van der Waals surface area contributed by atoms with Crippen molar-refractivity contribution in [2.45, 2.75) is 45.3 Å². The van der Waals surface area contributed by atoms with Crippen molar-refractivity contribution in [1.82, 2.24) is 14.5 Å². The van der Waals surface area contributed by atoms with E-state index in [2.05, 4.69) is 47.4 Å². The smallest absolute Gasteiger partial charge is 0.160 e. The third kappa shape index (κ3) is 3.41. The third-order valence-electron chi connectivity index (χ3n) is 6.50. The van der Waals surface area contributed by atoms with Gasteiger partial charge in [0, 0.05) is 34.4 Å². The Bertz CT molecular complexity index is 1180. The summed E-state index contributed by atoms with van der Waals surface area (Å²) in [5.74, 6) is 1.89. The van der Waals surface area contributed by atoms with E-state index < -0.39 is 0 Å². The number of hydrogen-bond donors (Lipinski definition) is 0. The van der Waals surface area contributed by atoms with Crippen LogP contribution in [0.15, 0.2) is 53.7 Å². The number of hydrogen-bond acceptors (Lipinski definition) is 5. The molecular formula is C25H27ClN4OS. The monoisotopic (exact) mass is 466 g/mol. The summed E-state index contributed by atoms with van der Waals surface area (Å²) in [6.45, 7) is 6.58. The fourth-order valence-corrected chi connectivity index (χ4v) is 6.49. The van der Waals surface area contributed by atoms with Gasteiger partial charge in [-0.25, -0.2) is 0 Å². The van der Waals surface area contributed by atoms with Gasteiger partial charge in [-0.2, -0.15) is 0 Å². The summed E-state index contributed by atoms with van der Waals surface area (Å²) in [7, 11) is 1.70. The van der Waals surface area contributed by atoms with E-state index in [1.165, 1.54) is 11.3 Å². The predicted molar refractivity (Wildman–Crippen MR) is 132 cm³/mol. The van der Waals surface area contributed by atoms with Gasteiger partial charge in [0.15, 0.2) is 5.17 Å². The van der Waals surface area contributed by atoms with E-state index in [9.17, 15) is 0 Å². The largest absolute Gasteiger partial charge is 0.495 e. The van der Waals surface area contributed by atoms with Crippen LogP contribution in [-0.4, -0.2) is 38.5 Å². The summed E-state index contributed by atoms with van der Waals surface area (Å²) in [6.07, 6.45) is 2.96. The lowest BCUT2D eigenvalue weighted by Crippen LogP contribution is -2.35. The zero-order valence-corrected chi connectivity index (χ0v) is 20.3. The van der Waals surface area contributed by atoms with Crippen LogP contribution in [0.5, 0.6) is 5.75 Å². The summed E-state index contributed by atoms with van der Waals surface area (Å²) in [5, 5.41) is 1.83. The second kappa shape index (κ2) is 8.49. The zero-order valence-electron chi connectivity index (χ0n) is 18.7. The standard InChI is InChI=1S/C25H27ClN4OS/c1-5-18-14-32-25-28-23(20-8-6-7-11-27-20)24(30(18)25)19-12-15(2)29(16(19)3)21-13-17(26)9-10-22(21)31-4/h6-13,18,23-24H,5,14H2,1-4H3/t18-,23+,24+/m0/s1. The van der Waals surface area contributed by atoms with E-state index in [4.69, 9.17) is 21.3 Å². The van der Waals surface area contributed by atoms with Crippen LogP contribution in [0.2, 0.25) is 5.02 Å². The number of rotatable bonds is 5.